The lowest BCUT2D eigenvalue weighted by atomic mass is 9.62. The number of hydrogen-bond donors (Lipinski definition) is 0. The van der Waals surface area contributed by atoms with Crippen LogP contribution in [0.2, 0.25) is 0 Å². The Balaban J connectivity index is 1.84. The molecular weight excluding hydrogens is 359 g/mol. The predicted octanol–water partition coefficient (Wildman–Crippen LogP) is 8.12. The second-order valence-electron chi connectivity index (χ2n) is 9.90. The molecule has 1 heterocycles. The van der Waals surface area contributed by atoms with Gasteiger partial charge in [-0.15, -0.1) is 0 Å². The monoisotopic (exact) mass is 388 g/mol. The molecule has 29 heavy (non-hydrogen) atoms. The largest absolute Gasteiger partial charge is 0.464 e. The van der Waals surface area contributed by atoms with Crippen LogP contribution in [0.3, 0.4) is 0 Å². The fourth-order valence-corrected chi connectivity index (χ4v) is 5.25. The second-order valence-corrected chi connectivity index (χ2v) is 9.90. The van der Waals surface area contributed by atoms with Gasteiger partial charge >= 0.3 is 0 Å². The summed E-state index contributed by atoms with van der Waals surface area (Å²) in [7, 11) is 0. The van der Waals surface area contributed by atoms with Gasteiger partial charge in [-0.25, -0.2) is 4.39 Å². The standard InChI is InChI=1S/C27H29FO/c1-26(2)16-22(17-27(3,4)18-26)25(21-11-13-23(28)14-12-21)20-9-7-19(8-10-20)24-6-5-15-29-24/h5-15H,16-18H2,1-4H3. The average Bonchev–Trinajstić information content (AvgIpc) is 3.16. The smallest absolute Gasteiger partial charge is 0.133 e. The van der Waals surface area contributed by atoms with Crippen LogP contribution in [0.5, 0.6) is 0 Å². The van der Waals surface area contributed by atoms with Crippen LogP contribution in [-0.4, -0.2) is 0 Å². The number of benzene rings is 2. The quantitative estimate of drug-likeness (QED) is 0.441. The topological polar surface area (TPSA) is 13.1 Å². The maximum atomic E-state index is 13.6. The van der Waals surface area contributed by atoms with Gasteiger partial charge in [0.25, 0.3) is 0 Å². The zero-order valence-corrected chi connectivity index (χ0v) is 17.8. The minimum Gasteiger partial charge on any atom is -0.464 e. The molecule has 0 spiro atoms. The summed E-state index contributed by atoms with van der Waals surface area (Å²) in [5.41, 5.74) is 6.52. The lowest BCUT2D eigenvalue weighted by Crippen LogP contribution is -2.30. The maximum Gasteiger partial charge on any atom is 0.133 e. The summed E-state index contributed by atoms with van der Waals surface area (Å²) in [5, 5.41) is 0. The van der Waals surface area contributed by atoms with E-state index in [0.29, 0.717) is 0 Å². The van der Waals surface area contributed by atoms with Gasteiger partial charge in [-0.3, -0.25) is 0 Å². The molecule has 4 rings (SSSR count). The molecule has 0 radical (unpaired) electrons. The molecule has 1 aliphatic rings. The molecule has 3 aromatic rings. The van der Waals surface area contributed by atoms with Crippen molar-refractivity contribution < 1.29 is 8.81 Å². The molecule has 2 heteroatoms. The Morgan fingerprint density at radius 1 is 0.793 bits per heavy atom. The van der Waals surface area contributed by atoms with Gasteiger partial charge in [-0.1, -0.05) is 69.7 Å². The van der Waals surface area contributed by atoms with Crippen LogP contribution in [0.15, 0.2) is 76.9 Å². The Labute approximate surface area is 173 Å². The van der Waals surface area contributed by atoms with Crippen molar-refractivity contribution in [1.29, 1.82) is 0 Å². The predicted molar refractivity (Wildman–Crippen MR) is 118 cm³/mol. The molecule has 0 bridgehead atoms. The average molecular weight is 389 g/mol. The van der Waals surface area contributed by atoms with Gasteiger partial charge in [0.05, 0.1) is 6.26 Å². The van der Waals surface area contributed by atoms with E-state index in [0.717, 1.165) is 29.7 Å². The molecule has 0 unspecified atom stereocenters. The third-order valence-electron chi connectivity index (χ3n) is 5.81. The van der Waals surface area contributed by atoms with Crippen molar-refractivity contribution >= 4 is 5.57 Å². The summed E-state index contributed by atoms with van der Waals surface area (Å²) < 4.78 is 19.2. The lowest BCUT2D eigenvalue weighted by molar-refractivity contribution is 0.154. The zero-order valence-electron chi connectivity index (χ0n) is 17.8. The Hall–Kier alpha value is -2.61. The lowest BCUT2D eigenvalue weighted by Gasteiger charge is -2.43. The second kappa shape index (κ2) is 7.33. The Bertz CT molecular complexity index is 985. The highest BCUT2D eigenvalue weighted by Crippen LogP contribution is 2.50. The van der Waals surface area contributed by atoms with Crippen LogP contribution in [0.1, 0.15) is 58.1 Å². The van der Waals surface area contributed by atoms with Crippen molar-refractivity contribution in [3.8, 4) is 11.3 Å². The van der Waals surface area contributed by atoms with Crippen molar-refractivity contribution in [1.82, 2.24) is 0 Å². The first-order valence-electron chi connectivity index (χ1n) is 10.3. The maximum absolute atomic E-state index is 13.6. The molecule has 1 nitrogen and oxygen atoms in total. The molecule has 0 aliphatic heterocycles. The van der Waals surface area contributed by atoms with Crippen molar-refractivity contribution in [3.05, 3.63) is 89.4 Å². The van der Waals surface area contributed by atoms with Crippen LogP contribution >= 0.6 is 0 Å². The van der Waals surface area contributed by atoms with Gasteiger partial charge in [0.2, 0.25) is 0 Å². The Kier molecular flexibility index (Phi) is 4.98. The first kappa shape index (κ1) is 19.7. The normalized spacial score (nSPS) is 17.9. The van der Waals surface area contributed by atoms with E-state index in [1.54, 1.807) is 18.4 Å². The zero-order chi connectivity index (χ0) is 20.6. The van der Waals surface area contributed by atoms with Gasteiger partial charge in [0, 0.05) is 5.56 Å². The molecule has 1 fully saturated rings. The number of hydrogen-bond acceptors (Lipinski definition) is 1. The van der Waals surface area contributed by atoms with Crippen LogP contribution in [0.25, 0.3) is 16.9 Å². The molecule has 150 valence electrons. The fraction of sp³-hybridized carbons (Fsp3) is 0.333. The molecule has 0 N–H and O–H groups in total. The van der Waals surface area contributed by atoms with Gasteiger partial charge in [0.15, 0.2) is 0 Å². The van der Waals surface area contributed by atoms with Crippen molar-refractivity contribution in [3.63, 3.8) is 0 Å². The SMILES string of the molecule is CC1(C)CC(=C(c2ccc(F)cc2)c2ccc(-c3ccco3)cc2)CC(C)(C)C1. The highest BCUT2D eigenvalue weighted by atomic mass is 19.1. The molecule has 0 atom stereocenters. The van der Waals surface area contributed by atoms with Gasteiger partial charge in [-0.05, 0) is 71.1 Å². The molecule has 1 aliphatic carbocycles. The summed E-state index contributed by atoms with van der Waals surface area (Å²) in [6, 6.07) is 19.4. The van der Waals surface area contributed by atoms with Crippen LogP contribution < -0.4 is 0 Å². The first-order valence-corrected chi connectivity index (χ1v) is 10.3. The van der Waals surface area contributed by atoms with Crippen molar-refractivity contribution in [2.75, 3.05) is 0 Å². The molecular formula is C27H29FO. The van der Waals surface area contributed by atoms with Crippen LogP contribution in [0.4, 0.5) is 4.39 Å². The van der Waals surface area contributed by atoms with E-state index in [1.807, 2.05) is 24.3 Å². The van der Waals surface area contributed by atoms with E-state index in [-0.39, 0.29) is 16.6 Å². The van der Waals surface area contributed by atoms with Crippen molar-refractivity contribution in [2.24, 2.45) is 10.8 Å². The summed E-state index contributed by atoms with van der Waals surface area (Å²) >= 11 is 0. The van der Waals surface area contributed by atoms with E-state index in [9.17, 15) is 4.39 Å². The first-order chi connectivity index (χ1) is 13.7. The van der Waals surface area contributed by atoms with Gasteiger partial charge in [-0.2, -0.15) is 0 Å². The minimum absolute atomic E-state index is 0.199. The number of rotatable bonds is 3. The highest BCUT2D eigenvalue weighted by molar-refractivity contribution is 5.83. The fourth-order valence-electron chi connectivity index (χ4n) is 5.25. The summed E-state index contributed by atoms with van der Waals surface area (Å²) in [6.07, 6.45) is 5.02. The summed E-state index contributed by atoms with van der Waals surface area (Å²) in [5.74, 6) is 0.669. The van der Waals surface area contributed by atoms with E-state index >= 15 is 0 Å². The molecule has 1 saturated carbocycles. The van der Waals surface area contributed by atoms with E-state index in [1.165, 1.54) is 23.1 Å². The van der Waals surface area contributed by atoms with E-state index in [2.05, 4.69) is 52.0 Å². The molecule has 0 saturated heterocycles. The minimum atomic E-state index is -0.199. The van der Waals surface area contributed by atoms with Gasteiger partial charge in [0.1, 0.15) is 11.6 Å². The van der Waals surface area contributed by atoms with Crippen molar-refractivity contribution in [2.45, 2.75) is 47.0 Å². The van der Waals surface area contributed by atoms with E-state index < -0.39 is 0 Å². The third kappa shape index (κ3) is 4.37. The third-order valence-corrected chi connectivity index (χ3v) is 5.81. The number of allylic oxidation sites excluding steroid dienone is 1. The number of halogens is 1. The molecule has 1 aromatic heterocycles. The summed E-state index contributed by atoms with van der Waals surface area (Å²) in [6.45, 7) is 9.43. The molecule has 2 aromatic carbocycles. The van der Waals surface area contributed by atoms with Crippen LogP contribution in [0, 0.1) is 16.6 Å². The Morgan fingerprint density at radius 2 is 1.34 bits per heavy atom. The van der Waals surface area contributed by atoms with E-state index in [4.69, 9.17) is 4.42 Å². The van der Waals surface area contributed by atoms with Gasteiger partial charge < -0.3 is 4.42 Å². The Morgan fingerprint density at radius 3 is 1.86 bits per heavy atom. The molecule has 0 amide bonds. The summed E-state index contributed by atoms with van der Waals surface area (Å²) in [4.78, 5) is 0. The number of furan rings is 1. The highest BCUT2D eigenvalue weighted by Gasteiger charge is 2.37. The van der Waals surface area contributed by atoms with Crippen LogP contribution in [-0.2, 0) is 0 Å².